The molecule has 0 amide bonds. The van der Waals surface area contributed by atoms with Gasteiger partial charge in [0.25, 0.3) is 0 Å². The van der Waals surface area contributed by atoms with E-state index in [1.165, 1.54) is 0 Å². The molecule has 3 heteroatoms. The first-order valence-electron chi connectivity index (χ1n) is 4.70. The van der Waals surface area contributed by atoms with Gasteiger partial charge in [0.05, 0.1) is 11.6 Å². The largest absolute Gasteiger partial charge is 0.192 e. The second kappa shape index (κ2) is 4.61. The van der Waals surface area contributed by atoms with Crippen molar-refractivity contribution in [1.29, 1.82) is 5.26 Å². The quantitative estimate of drug-likeness (QED) is 0.749. The maximum absolute atomic E-state index is 9.02. The van der Waals surface area contributed by atoms with Crippen molar-refractivity contribution in [2.75, 3.05) is 0 Å². The zero-order valence-electron chi connectivity index (χ0n) is 8.31. The minimum Gasteiger partial charge on any atom is -0.192 e. The first-order chi connectivity index (χ1) is 7.70. The minimum atomic E-state index is 0.639. The molecule has 2 rings (SSSR count). The molecule has 0 heterocycles. The minimum absolute atomic E-state index is 0.639. The van der Waals surface area contributed by atoms with Gasteiger partial charge in [-0.15, -0.1) is 12.6 Å². The Morgan fingerprint density at radius 3 is 2.38 bits per heavy atom. The zero-order valence-corrected chi connectivity index (χ0v) is 9.96. The van der Waals surface area contributed by atoms with Crippen LogP contribution in [0.3, 0.4) is 0 Å². The van der Waals surface area contributed by atoms with E-state index in [9.17, 15) is 0 Å². The average Bonchev–Trinajstić information content (AvgIpc) is 2.30. The van der Waals surface area contributed by atoms with Crippen molar-refractivity contribution in [3.63, 3.8) is 0 Å². The van der Waals surface area contributed by atoms with E-state index >= 15 is 0 Å². The van der Waals surface area contributed by atoms with E-state index in [1.807, 2.05) is 30.3 Å². The van der Waals surface area contributed by atoms with Gasteiger partial charge in [0, 0.05) is 15.5 Å². The van der Waals surface area contributed by atoms with Gasteiger partial charge in [-0.1, -0.05) is 23.7 Å². The average molecular weight is 246 g/mol. The zero-order chi connectivity index (χ0) is 11.5. The lowest BCUT2D eigenvalue weighted by Gasteiger charge is -2.05. The topological polar surface area (TPSA) is 23.8 Å². The molecule has 0 spiro atoms. The van der Waals surface area contributed by atoms with Gasteiger partial charge in [-0.2, -0.15) is 5.26 Å². The molecule has 0 aliphatic rings. The summed E-state index contributed by atoms with van der Waals surface area (Å²) in [4.78, 5) is 0.837. The molecule has 0 aliphatic heterocycles. The summed E-state index contributed by atoms with van der Waals surface area (Å²) in [6.45, 7) is 0. The van der Waals surface area contributed by atoms with Crippen LogP contribution in [0.2, 0.25) is 5.02 Å². The molecule has 0 radical (unpaired) electrons. The molecule has 0 aromatic heterocycles. The molecule has 1 nitrogen and oxygen atoms in total. The second-order valence-electron chi connectivity index (χ2n) is 3.35. The lowest BCUT2D eigenvalue weighted by Crippen LogP contribution is -1.84. The van der Waals surface area contributed by atoms with Crippen molar-refractivity contribution in [3.05, 3.63) is 53.1 Å². The maximum Gasteiger partial charge on any atom is 0.0998 e. The van der Waals surface area contributed by atoms with Crippen LogP contribution in [0.5, 0.6) is 0 Å². The third-order valence-electron chi connectivity index (χ3n) is 2.28. The number of thiol groups is 1. The van der Waals surface area contributed by atoms with Gasteiger partial charge in [0.15, 0.2) is 0 Å². The number of hydrogen-bond donors (Lipinski definition) is 1. The van der Waals surface area contributed by atoms with Crippen LogP contribution >= 0.6 is 24.2 Å². The Hall–Kier alpha value is -1.43. The van der Waals surface area contributed by atoms with Crippen LogP contribution in [0.25, 0.3) is 11.1 Å². The van der Waals surface area contributed by atoms with Crippen molar-refractivity contribution in [2.24, 2.45) is 0 Å². The van der Waals surface area contributed by atoms with Gasteiger partial charge < -0.3 is 0 Å². The van der Waals surface area contributed by atoms with Crippen LogP contribution < -0.4 is 0 Å². The van der Waals surface area contributed by atoms with Crippen molar-refractivity contribution >= 4 is 24.2 Å². The van der Waals surface area contributed by atoms with E-state index in [0.29, 0.717) is 10.6 Å². The van der Waals surface area contributed by atoms with E-state index in [4.69, 9.17) is 16.9 Å². The third-order valence-corrected chi connectivity index (χ3v) is 2.81. The maximum atomic E-state index is 9.02. The molecule has 0 saturated carbocycles. The Bertz CT molecular complexity index is 555. The standard InChI is InChI=1S/C13H8ClNS/c14-11-4-1-9(2-5-11)13-7-12(16)6-3-10(13)8-15/h1-7,16H. The smallest absolute Gasteiger partial charge is 0.0998 e. The number of nitrogens with zero attached hydrogens (tertiary/aromatic N) is 1. The van der Waals surface area contributed by atoms with Gasteiger partial charge in [0.2, 0.25) is 0 Å². The Morgan fingerprint density at radius 2 is 1.75 bits per heavy atom. The van der Waals surface area contributed by atoms with E-state index in [2.05, 4.69) is 18.7 Å². The van der Waals surface area contributed by atoms with Crippen LogP contribution in [-0.2, 0) is 0 Å². The summed E-state index contributed by atoms with van der Waals surface area (Å²) in [6.07, 6.45) is 0. The van der Waals surface area contributed by atoms with Crippen LogP contribution in [0.15, 0.2) is 47.4 Å². The molecule has 0 fully saturated rings. The van der Waals surface area contributed by atoms with E-state index < -0.39 is 0 Å². The predicted molar refractivity (Wildman–Crippen MR) is 68.9 cm³/mol. The fourth-order valence-corrected chi connectivity index (χ4v) is 1.83. The molecule has 0 atom stereocenters. The number of benzene rings is 2. The molecular weight excluding hydrogens is 238 g/mol. The van der Waals surface area contributed by atoms with Crippen LogP contribution in [0.4, 0.5) is 0 Å². The molecule has 0 saturated heterocycles. The monoisotopic (exact) mass is 245 g/mol. The Balaban J connectivity index is 2.59. The van der Waals surface area contributed by atoms with Crippen molar-refractivity contribution in [2.45, 2.75) is 4.90 Å². The van der Waals surface area contributed by atoms with Gasteiger partial charge in [-0.3, -0.25) is 0 Å². The Labute approximate surface area is 105 Å². The second-order valence-corrected chi connectivity index (χ2v) is 4.30. The van der Waals surface area contributed by atoms with Crippen molar-refractivity contribution in [1.82, 2.24) is 0 Å². The number of rotatable bonds is 1. The highest BCUT2D eigenvalue weighted by molar-refractivity contribution is 7.80. The summed E-state index contributed by atoms with van der Waals surface area (Å²) in [5.41, 5.74) is 2.49. The summed E-state index contributed by atoms with van der Waals surface area (Å²) < 4.78 is 0. The first kappa shape index (κ1) is 11.1. The summed E-state index contributed by atoms with van der Waals surface area (Å²) in [6, 6.07) is 15.0. The highest BCUT2D eigenvalue weighted by atomic mass is 35.5. The number of nitriles is 1. The molecule has 2 aromatic carbocycles. The van der Waals surface area contributed by atoms with Crippen molar-refractivity contribution < 1.29 is 0 Å². The molecule has 2 aromatic rings. The molecular formula is C13H8ClNS. The summed E-state index contributed by atoms with van der Waals surface area (Å²) in [5.74, 6) is 0. The molecule has 0 N–H and O–H groups in total. The highest BCUT2D eigenvalue weighted by Crippen LogP contribution is 2.27. The lowest BCUT2D eigenvalue weighted by molar-refractivity contribution is 1.41. The molecule has 0 bridgehead atoms. The molecule has 16 heavy (non-hydrogen) atoms. The molecule has 0 unspecified atom stereocenters. The van der Waals surface area contributed by atoms with Crippen LogP contribution in [0.1, 0.15) is 5.56 Å². The molecule has 0 aliphatic carbocycles. The van der Waals surface area contributed by atoms with Crippen molar-refractivity contribution in [3.8, 4) is 17.2 Å². The fraction of sp³-hybridized carbons (Fsp3) is 0. The lowest BCUT2D eigenvalue weighted by atomic mass is 10.0. The number of hydrogen-bond acceptors (Lipinski definition) is 2. The third kappa shape index (κ3) is 2.21. The highest BCUT2D eigenvalue weighted by Gasteiger charge is 2.04. The Kier molecular flexibility index (Phi) is 3.19. The van der Waals surface area contributed by atoms with Gasteiger partial charge in [-0.25, -0.2) is 0 Å². The number of halogens is 1. The van der Waals surface area contributed by atoms with Gasteiger partial charge >= 0.3 is 0 Å². The van der Waals surface area contributed by atoms with Crippen LogP contribution in [0, 0.1) is 11.3 Å². The summed E-state index contributed by atoms with van der Waals surface area (Å²) in [5, 5.41) is 9.71. The van der Waals surface area contributed by atoms with E-state index in [1.54, 1.807) is 12.1 Å². The first-order valence-corrected chi connectivity index (χ1v) is 5.52. The van der Waals surface area contributed by atoms with Gasteiger partial charge in [0.1, 0.15) is 0 Å². The van der Waals surface area contributed by atoms with Gasteiger partial charge in [-0.05, 0) is 35.9 Å². The SMILES string of the molecule is N#Cc1ccc(S)cc1-c1ccc(Cl)cc1. The van der Waals surface area contributed by atoms with Crippen LogP contribution in [-0.4, -0.2) is 0 Å². The van der Waals surface area contributed by atoms with E-state index in [0.717, 1.165) is 16.0 Å². The van der Waals surface area contributed by atoms with E-state index in [-0.39, 0.29) is 0 Å². The summed E-state index contributed by atoms with van der Waals surface area (Å²) in [7, 11) is 0. The normalized spacial score (nSPS) is 9.81. The molecule has 78 valence electrons. The Morgan fingerprint density at radius 1 is 1.06 bits per heavy atom. The summed E-state index contributed by atoms with van der Waals surface area (Å²) >= 11 is 10.1. The predicted octanol–water partition coefficient (Wildman–Crippen LogP) is 4.17. The fourth-order valence-electron chi connectivity index (χ4n) is 1.50.